The largest absolute Gasteiger partial charge is 0.647 e. The van der Waals surface area contributed by atoms with Gasteiger partial charge in [-0.15, -0.1) is 0 Å². The smallest absolute Gasteiger partial charge is 0.385 e. The molecule has 0 saturated carbocycles. The van der Waals surface area contributed by atoms with Crippen molar-refractivity contribution in [1.29, 1.82) is 0 Å². The maximum atomic E-state index is 14.6. The van der Waals surface area contributed by atoms with E-state index in [1.165, 1.54) is 0 Å². The molecule has 0 unspecified atom stereocenters. The molecular formula is C33H27O4P. The van der Waals surface area contributed by atoms with Gasteiger partial charge in [0.1, 0.15) is 17.2 Å². The summed E-state index contributed by atoms with van der Waals surface area (Å²) < 4.78 is 33.4. The van der Waals surface area contributed by atoms with Crippen molar-refractivity contribution in [3.63, 3.8) is 0 Å². The van der Waals surface area contributed by atoms with Crippen molar-refractivity contribution in [2.75, 3.05) is 0 Å². The number of rotatable bonds is 6. The molecule has 0 aliphatic heterocycles. The molecule has 188 valence electrons. The molecule has 6 aromatic carbocycles. The molecule has 0 aliphatic carbocycles. The minimum absolute atomic E-state index is 0.433. The Morgan fingerprint density at radius 3 is 0.947 bits per heavy atom. The predicted octanol–water partition coefficient (Wildman–Crippen LogP) is 9.72. The van der Waals surface area contributed by atoms with Crippen LogP contribution in [-0.4, -0.2) is 0 Å². The van der Waals surface area contributed by atoms with E-state index in [1.807, 2.05) is 130 Å². The fraction of sp³-hybridized carbons (Fsp3) is 0.0909. The third kappa shape index (κ3) is 4.38. The summed E-state index contributed by atoms with van der Waals surface area (Å²) in [4.78, 5) is 0. The first-order chi connectivity index (χ1) is 18.4. The first-order valence-corrected chi connectivity index (χ1v) is 14.0. The summed E-state index contributed by atoms with van der Waals surface area (Å²) >= 11 is 0. The first-order valence-electron chi connectivity index (χ1n) is 12.6. The highest BCUT2D eigenvalue weighted by Crippen LogP contribution is 2.53. The van der Waals surface area contributed by atoms with Crippen LogP contribution in [0, 0.1) is 20.8 Å². The molecule has 0 bridgehead atoms. The maximum absolute atomic E-state index is 14.6. The average molecular weight is 519 g/mol. The molecule has 0 aromatic heterocycles. The zero-order chi connectivity index (χ0) is 26.3. The molecule has 0 amide bonds. The predicted molar refractivity (Wildman–Crippen MR) is 156 cm³/mol. The summed E-state index contributed by atoms with van der Waals surface area (Å²) in [6, 6.07) is 34.9. The van der Waals surface area contributed by atoms with E-state index in [2.05, 4.69) is 0 Å². The quantitative estimate of drug-likeness (QED) is 0.206. The van der Waals surface area contributed by atoms with Gasteiger partial charge >= 0.3 is 7.82 Å². The molecule has 0 heterocycles. The standard InChI is InChI=1S/C33H27O4P/c1-22-16-19-31(28-13-7-4-10-25(22)28)35-38(34,36-32-20-17-23(2)26-11-5-8-14-29(26)32)37-33-21-18-24(3)27-12-6-9-15-30(27)33/h4-21H,1-3H3. The van der Waals surface area contributed by atoms with Gasteiger partial charge in [-0.3, -0.25) is 0 Å². The molecule has 0 aliphatic rings. The lowest BCUT2D eigenvalue weighted by Crippen LogP contribution is -2.08. The van der Waals surface area contributed by atoms with E-state index in [0.717, 1.165) is 49.0 Å². The van der Waals surface area contributed by atoms with Gasteiger partial charge in [-0.25, -0.2) is 0 Å². The average Bonchev–Trinajstić information content (AvgIpc) is 2.94. The van der Waals surface area contributed by atoms with Gasteiger partial charge in [0.15, 0.2) is 0 Å². The Bertz CT molecular complexity index is 1660. The van der Waals surface area contributed by atoms with E-state index in [-0.39, 0.29) is 0 Å². The number of benzene rings is 6. The van der Waals surface area contributed by atoms with Crippen LogP contribution in [0.15, 0.2) is 109 Å². The van der Waals surface area contributed by atoms with E-state index in [1.54, 1.807) is 0 Å². The molecule has 0 radical (unpaired) electrons. The number of fused-ring (bicyclic) bond motifs is 3. The SMILES string of the molecule is Cc1ccc(OP(=O)(Oc2ccc(C)c3ccccc23)Oc2ccc(C)c3ccccc23)c2ccccc12. The molecule has 0 spiro atoms. The molecule has 0 atom stereocenters. The van der Waals surface area contributed by atoms with Gasteiger partial charge in [0, 0.05) is 16.2 Å². The number of phosphoric acid groups is 1. The summed E-state index contributed by atoms with van der Waals surface area (Å²) in [5, 5.41) is 5.54. The second-order valence-corrected chi connectivity index (χ2v) is 10.9. The second kappa shape index (κ2) is 9.55. The van der Waals surface area contributed by atoms with Crippen molar-refractivity contribution in [2.45, 2.75) is 20.8 Å². The summed E-state index contributed by atoms with van der Waals surface area (Å²) in [5.41, 5.74) is 3.29. The maximum Gasteiger partial charge on any atom is 0.647 e. The van der Waals surface area contributed by atoms with Gasteiger partial charge in [0.2, 0.25) is 0 Å². The Labute approximate surface area is 222 Å². The molecule has 4 nitrogen and oxygen atoms in total. The highest BCUT2D eigenvalue weighted by atomic mass is 31.2. The third-order valence-corrected chi connectivity index (χ3v) is 8.20. The first kappa shape index (κ1) is 24.1. The third-order valence-electron chi connectivity index (χ3n) is 6.94. The normalized spacial score (nSPS) is 11.7. The van der Waals surface area contributed by atoms with Gasteiger partial charge in [-0.1, -0.05) is 91.0 Å². The summed E-state index contributed by atoms with van der Waals surface area (Å²) in [5.74, 6) is 1.30. The van der Waals surface area contributed by atoms with E-state index in [9.17, 15) is 4.57 Å². The zero-order valence-corrected chi connectivity index (χ0v) is 22.4. The number of phosphoric ester groups is 1. The minimum Gasteiger partial charge on any atom is -0.385 e. The molecule has 0 fully saturated rings. The zero-order valence-electron chi connectivity index (χ0n) is 21.5. The number of hydrogen-bond acceptors (Lipinski definition) is 4. The lowest BCUT2D eigenvalue weighted by Gasteiger charge is -2.22. The Morgan fingerprint density at radius 2 is 0.658 bits per heavy atom. The molecule has 6 rings (SSSR count). The Balaban J connectivity index is 1.50. The van der Waals surface area contributed by atoms with Crippen LogP contribution in [0.25, 0.3) is 32.3 Å². The van der Waals surface area contributed by atoms with Crippen LogP contribution in [0.2, 0.25) is 0 Å². The van der Waals surface area contributed by atoms with Crippen molar-refractivity contribution in [3.8, 4) is 17.2 Å². The Hall–Kier alpha value is -4.27. The molecule has 5 heteroatoms. The lowest BCUT2D eigenvalue weighted by atomic mass is 10.1. The van der Waals surface area contributed by atoms with Gasteiger partial charge in [0.05, 0.1) is 0 Å². The van der Waals surface area contributed by atoms with Crippen LogP contribution >= 0.6 is 7.82 Å². The van der Waals surface area contributed by atoms with Crippen LogP contribution < -0.4 is 13.6 Å². The van der Waals surface area contributed by atoms with Crippen LogP contribution in [0.4, 0.5) is 0 Å². The van der Waals surface area contributed by atoms with Gasteiger partial charge < -0.3 is 13.6 Å². The van der Waals surface area contributed by atoms with Crippen molar-refractivity contribution in [2.24, 2.45) is 0 Å². The number of aryl methyl sites for hydroxylation is 3. The fourth-order valence-electron chi connectivity index (χ4n) is 4.92. The van der Waals surface area contributed by atoms with Crippen LogP contribution in [-0.2, 0) is 4.57 Å². The van der Waals surface area contributed by atoms with Crippen LogP contribution in [0.1, 0.15) is 16.7 Å². The molecule has 38 heavy (non-hydrogen) atoms. The second-order valence-electron chi connectivity index (χ2n) is 9.50. The minimum atomic E-state index is -4.24. The lowest BCUT2D eigenvalue weighted by molar-refractivity contribution is 0.302. The summed E-state index contributed by atoms with van der Waals surface area (Å²) in [6.07, 6.45) is 0. The summed E-state index contributed by atoms with van der Waals surface area (Å²) in [7, 11) is -4.24. The Morgan fingerprint density at radius 1 is 0.395 bits per heavy atom. The van der Waals surface area contributed by atoms with Crippen molar-refractivity contribution in [1.82, 2.24) is 0 Å². The monoisotopic (exact) mass is 518 g/mol. The van der Waals surface area contributed by atoms with E-state index in [4.69, 9.17) is 13.6 Å². The highest BCUT2D eigenvalue weighted by Gasteiger charge is 2.35. The fourth-order valence-corrected chi connectivity index (χ4v) is 6.23. The van der Waals surface area contributed by atoms with Crippen molar-refractivity contribution < 1.29 is 18.1 Å². The number of hydrogen-bond donors (Lipinski definition) is 0. The van der Waals surface area contributed by atoms with E-state index in [0.29, 0.717) is 17.2 Å². The topological polar surface area (TPSA) is 44.8 Å². The van der Waals surface area contributed by atoms with Crippen molar-refractivity contribution in [3.05, 3.63) is 126 Å². The van der Waals surface area contributed by atoms with E-state index < -0.39 is 7.82 Å². The molecule has 0 saturated heterocycles. The highest BCUT2D eigenvalue weighted by molar-refractivity contribution is 7.49. The molecular weight excluding hydrogens is 491 g/mol. The van der Waals surface area contributed by atoms with Crippen LogP contribution in [0.3, 0.4) is 0 Å². The Kier molecular flexibility index (Phi) is 6.06. The van der Waals surface area contributed by atoms with E-state index >= 15 is 0 Å². The van der Waals surface area contributed by atoms with Crippen LogP contribution in [0.5, 0.6) is 17.2 Å². The van der Waals surface area contributed by atoms with Gasteiger partial charge in [0.25, 0.3) is 0 Å². The molecule has 0 N–H and O–H groups in total. The molecule has 6 aromatic rings. The van der Waals surface area contributed by atoms with Crippen molar-refractivity contribution >= 4 is 40.1 Å². The summed E-state index contributed by atoms with van der Waals surface area (Å²) in [6.45, 7) is 6.11. The van der Waals surface area contributed by atoms with Gasteiger partial charge in [-0.2, -0.15) is 4.57 Å². The van der Waals surface area contributed by atoms with Gasteiger partial charge in [-0.05, 0) is 71.8 Å².